The van der Waals surface area contributed by atoms with Crippen LogP contribution in [0.15, 0.2) is 48.5 Å². The molecule has 1 unspecified atom stereocenters. The number of carbonyl (C=O) groups is 1. The first kappa shape index (κ1) is 31.1. The molecule has 1 fully saturated rings. The summed E-state index contributed by atoms with van der Waals surface area (Å²) in [6.45, 7) is 19.0. The van der Waals surface area contributed by atoms with Crippen LogP contribution >= 0.6 is 19.4 Å². The molecular formula is C31H37Cl2N2O3Ru-. The van der Waals surface area contributed by atoms with Gasteiger partial charge in [-0.3, -0.25) is 0 Å². The van der Waals surface area contributed by atoms with E-state index in [-0.39, 0.29) is 0 Å². The smallest absolute Gasteiger partial charge is 0.0146 e. The maximum atomic E-state index is 10.7. The third kappa shape index (κ3) is 8.30. The molecule has 5 nitrogen and oxygen atoms in total. The van der Waals surface area contributed by atoms with Gasteiger partial charge in [-0.1, -0.05) is 35.4 Å². The van der Waals surface area contributed by atoms with Crippen molar-refractivity contribution in [1.82, 2.24) is 0 Å². The maximum Gasteiger partial charge on any atom is 0.0146 e. The van der Waals surface area contributed by atoms with E-state index in [1.165, 1.54) is 51.7 Å². The summed E-state index contributed by atoms with van der Waals surface area (Å²) in [4.78, 5) is 15.5. The molecule has 0 radical (unpaired) electrons. The van der Waals surface area contributed by atoms with E-state index >= 15 is 0 Å². The molecule has 8 heteroatoms. The van der Waals surface area contributed by atoms with Gasteiger partial charge in [0, 0.05) is 24.5 Å². The van der Waals surface area contributed by atoms with Crippen LogP contribution in [0.4, 0.5) is 11.4 Å². The van der Waals surface area contributed by atoms with E-state index in [2.05, 4.69) is 82.3 Å². The topological polar surface area (TPSA) is 53.0 Å². The van der Waals surface area contributed by atoms with Crippen molar-refractivity contribution < 1.29 is 28.2 Å². The number of hydrogen-bond acceptors (Lipinski definition) is 4. The van der Waals surface area contributed by atoms with Crippen LogP contribution in [-0.2, 0) is 18.3 Å². The second-order valence-corrected chi connectivity index (χ2v) is 15.7. The molecule has 1 N–H and O–H groups in total. The average Bonchev–Trinajstić information content (AvgIpc) is 3.28. The Morgan fingerprint density at radius 1 is 0.897 bits per heavy atom. The molecular weight excluding hydrogens is 620 g/mol. The number of aryl methyl sites for hydroxylation is 6. The van der Waals surface area contributed by atoms with Gasteiger partial charge in [0.2, 0.25) is 0 Å². The zero-order valence-corrected chi connectivity index (χ0v) is 26.8. The molecule has 3 aromatic carbocycles. The van der Waals surface area contributed by atoms with E-state index in [0.717, 1.165) is 18.7 Å². The first-order valence-corrected chi connectivity index (χ1v) is 18.2. The zero-order valence-electron chi connectivity index (χ0n) is 23.5. The van der Waals surface area contributed by atoms with E-state index in [4.69, 9.17) is 29.2 Å². The number of benzene rings is 3. The average molecular weight is 658 g/mol. The summed E-state index contributed by atoms with van der Waals surface area (Å²) >= 11 is -1.94. The van der Waals surface area contributed by atoms with E-state index in [9.17, 15) is 4.79 Å². The predicted molar refractivity (Wildman–Crippen MR) is 161 cm³/mol. The Hall–Kier alpha value is -2.40. The van der Waals surface area contributed by atoms with Gasteiger partial charge in [0.25, 0.3) is 0 Å². The first-order valence-electron chi connectivity index (χ1n) is 12.7. The summed E-state index contributed by atoms with van der Waals surface area (Å²) in [5.74, 6) is -0.530. The maximum absolute atomic E-state index is 10.7. The van der Waals surface area contributed by atoms with Crippen LogP contribution < -0.4 is 14.5 Å². The Bertz CT molecular complexity index is 1260. The Morgan fingerprint density at radius 2 is 1.33 bits per heavy atom. The minimum absolute atomic E-state index is 0.484. The van der Waals surface area contributed by atoms with Gasteiger partial charge in [-0.25, -0.2) is 0 Å². The number of hydrogen-bond donors (Lipinski definition) is 1. The summed E-state index contributed by atoms with van der Waals surface area (Å²) in [5.41, 5.74) is 11.6. The number of carboxylic acid groups (broad SMARTS) is 1. The molecule has 0 amide bonds. The molecule has 1 heterocycles. The van der Waals surface area contributed by atoms with Gasteiger partial charge in [-0.05, 0) is 63.8 Å². The number of ether oxygens (including phenoxy) is 1. The number of anilines is 2. The monoisotopic (exact) mass is 657 g/mol. The second-order valence-electron chi connectivity index (χ2n) is 9.94. The molecule has 0 saturated carbocycles. The number of para-hydroxylation sites is 1. The van der Waals surface area contributed by atoms with Gasteiger partial charge >= 0.3 is 107 Å². The normalized spacial score (nSPS) is 13.9. The Labute approximate surface area is 245 Å². The molecule has 4 rings (SSSR count). The minimum Gasteiger partial charge on any atom is -0.502 e. The van der Waals surface area contributed by atoms with Gasteiger partial charge in [-0.15, -0.1) is 0 Å². The van der Waals surface area contributed by atoms with Crippen LogP contribution in [0.3, 0.4) is 0 Å². The third-order valence-electron chi connectivity index (χ3n) is 6.46. The SMILES string of the molecule is CC(Oc1ccccc1[CH]=[Ru]([Cl])[Cl])C(=O)O.Cc1cc(C)c(N2[CH-]N(c3c(C)cc(C)cc3C)CC2)c(C)c1. The van der Waals surface area contributed by atoms with Crippen LogP contribution in [0.1, 0.15) is 45.9 Å². The van der Waals surface area contributed by atoms with Gasteiger partial charge < -0.3 is 9.80 Å². The van der Waals surface area contributed by atoms with Gasteiger partial charge in [0.1, 0.15) is 0 Å². The van der Waals surface area contributed by atoms with Crippen LogP contribution in [0.5, 0.6) is 5.75 Å². The summed E-state index contributed by atoms with van der Waals surface area (Å²) in [5, 5.41) is 8.74. The Kier molecular flexibility index (Phi) is 11.0. The largest absolute Gasteiger partial charge is 0.502 e. The molecule has 0 bridgehead atoms. The predicted octanol–water partition coefficient (Wildman–Crippen LogP) is 7.60. The number of nitrogens with zero attached hydrogens (tertiary/aromatic N) is 2. The summed E-state index contributed by atoms with van der Waals surface area (Å²) in [7, 11) is 11.5. The first-order chi connectivity index (χ1) is 18.4. The van der Waals surface area contributed by atoms with Gasteiger partial charge in [0.05, 0.1) is 0 Å². The van der Waals surface area contributed by atoms with Crippen molar-refractivity contribution >= 4 is 41.3 Å². The molecule has 0 aromatic heterocycles. The van der Waals surface area contributed by atoms with Crippen molar-refractivity contribution in [3.8, 4) is 5.75 Å². The van der Waals surface area contributed by atoms with Crippen LogP contribution in [-0.4, -0.2) is 34.9 Å². The number of carboxylic acids is 1. The van der Waals surface area contributed by atoms with Crippen LogP contribution in [0, 0.1) is 48.2 Å². The fraction of sp³-hybridized carbons (Fsp3) is 0.323. The quantitative estimate of drug-likeness (QED) is 0.219. The minimum atomic E-state index is -1.94. The number of halogens is 2. The molecule has 212 valence electrons. The fourth-order valence-electron chi connectivity index (χ4n) is 5.09. The number of aliphatic carboxylic acids is 1. The van der Waals surface area contributed by atoms with E-state index in [1.54, 1.807) is 22.8 Å². The fourth-order valence-corrected chi connectivity index (χ4v) is 6.89. The van der Waals surface area contributed by atoms with Crippen molar-refractivity contribution in [3.63, 3.8) is 0 Å². The van der Waals surface area contributed by atoms with E-state index in [0.29, 0.717) is 5.75 Å². The zero-order chi connectivity index (χ0) is 28.9. The van der Waals surface area contributed by atoms with Crippen LogP contribution in [0.25, 0.3) is 0 Å². The van der Waals surface area contributed by atoms with E-state index < -0.39 is 25.6 Å². The number of rotatable bonds is 6. The third-order valence-corrected chi connectivity index (χ3v) is 8.30. The van der Waals surface area contributed by atoms with Crippen molar-refractivity contribution in [2.75, 3.05) is 22.9 Å². The molecule has 1 aliphatic rings. The molecule has 39 heavy (non-hydrogen) atoms. The molecule has 3 aromatic rings. The van der Waals surface area contributed by atoms with Crippen LogP contribution in [0.2, 0.25) is 0 Å². The van der Waals surface area contributed by atoms with E-state index in [1.807, 2.05) is 6.07 Å². The van der Waals surface area contributed by atoms with Gasteiger partial charge in [-0.2, -0.15) is 6.67 Å². The summed E-state index contributed by atoms with van der Waals surface area (Å²) in [6, 6.07) is 16.2. The molecule has 0 aliphatic carbocycles. The Balaban J connectivity index is 0.000000231. The Morgan fingerprint density at radius 3 is 1.74 bits per heavy atom. The van der Waals surface area contributed by atoms with Crippen molar-refractivity contribution in [2.45, 2.75) is 54.6 Å². The standard InChI is InChI=1S/C21H27N2.C10H10O3.2ClH.Ru/c1-14-9-16(3)20(17(4)10-14)22-7-8-23(13-22)21-18(5)11-15(2)12-19(21)6;1-7-5-3-4-6-9(7)13-8(2)10(11)12;;;/h9-13H,7-8H2,1-6H3;1,3-6,8H,2H3,(H,11,12);2*1H;/q-1;;;;+2/p-2. The second kappa shape index (κ2) is 13.8. The summed E-state index contributed by atoms with van der Waals surface area (Å²) in [6.07, 6.45) is -0.902. The molecule has 1 saturated heterocycles. The molecule has 1 aliphatic heterocycles. The van der Waals surface area contributed by atoms with Crippen molar-refractivity contribution in [3.05, 3.63) is 94.1 Å². The summed E-state index contributed by atoms with van der Waals surface area (Å²) < 4.78 is 7.00. The van der Waals surface area contributed by atoms with Crippen molar-refractivity contribution in [1.29, 1.82) is 0 Å². The van der Waals surface area contributed by atoms with Crippen molar-refractivity contribution in [2.24, 2.45) is 0 Å². The van der Waals surface area contributed by atoms with Gasteiger partial charge in [0.15, 0.2) is 0 Å². The molecule has 1 atom stereocenters. The molecule has 0 spiro atoms.